The topological polar surface area (TPSA) is 82.1 Å². The van der Waals surface area contributed by atoms with Crippen LogP contribution in [0.2, 0.25) is 0 Å². The number of rotatable bonds is 7. The summed E-state index contributed by atoms with van der Waals surface area (Å²) < 4.78 is 27.3. The lowest BCUT2D eigenvalue weighted by molar-refractivity contribution is -0.109. The lowest BCUT2D eigenvalue weighted by atomic mass is 9.95. The summed E-state index contributed by atoms with van der Waals surface area (Å²) in [4.78, 5) is 15.6. The molecule has 0 saturated carbocycles. The summed E-state index contributed by atoms with van der Waals surface area (Å²) in [6.07, 6.45) is 3.74. The molecular weight excluding hydrogens is 486 g/mol. The zero-order valence-electron chi connectivity index (χ0n) is 21.3. The molecular formula is C29H27N3O6. The Morgan fingerprint density at radius 1 is 0.947 bits per heavy atom. The molecule has 0 fully saturated rings. The highest BCUT2D eigenvalue weighted by Gasteiger charge is 2.42. The van der Waals surface area contributed by atoms with Crippen molar-refractivity contribution in [3.05, 3.63) is 77.4 Å². The minimum absolute atomic E-state index is 0.187. The molecule has 3 aromatic carbocycles. The Kier molecular flexibility index (Phi) is 6.03. The van der Waals surface area contributed by atoms with E-state index in [-0.39, 0.29) is 18.7 Å². The number of nitrogens with zero attached hydrogens (tertiary/aromatic N) is 3. The Morgan fingerprint density at radius 3 is 2.47 bits per heavy atom. The van der Waals surface area contributed by atoms with Gasteiger partial charge in [-0.2, -0.15) is 0 Å². The van der Waals surface area contributed by atoms with Gasteiger partial charge >= 0.3 is 0 Å². The van der Waals surface area contributed by atoms with E-state index >= 15 is 0 Å². The number of hydrogen-bond donors (Lipinski definition) is 0. The molecule has 0 aromatic heterocycles. The summed E-state index contributed by atoms with van der Waals surface area (Å²) >= 11 is 0. The molecule has 0 radical (unpaired) electrons. The molecule has 6 rings (SSSR count). The van der Waals surface area contributed by atoms with E-state index in [1.807, 2.05) is 64.5 Å². The second-order valence-electron chi connectivity index (χ2n) is 9.00. The maximum Gasteiger partial charge on any atom is 0.231 e. The summed E-state index contributed by atoms with van der Waals surface area (Å²) in [5.41, 5.74) is 3.81. The lowest BCUT2D eigenvalue weighted by Gasteiger charge is -2.37. The molecule has 194 valence electrons. The van der Waals surface area contributed by atoms with Crippen molar-refractivity contribution in [2.75, 3.05) is 39.7 Å². The fraction of sp³-hybridized carbons (Fsp3) is 0.241. The van der Waals surface area contributed by atoms with Gasteiger partial charge in [0.05, 0.1) is 27.0 Å². The summed E-state index contributed by atoms with van der Waals surface area (Å²) in [6, 6.07) is 17.2. The predicted octanol–water partition coefficient (Wildman–Crippen LogP) is 4.41. The third-order valence-corrected chi connectivity index (χ3v) is 6.93. The molecule has 3 heterocycles. The van der Waals surface area contributed by atoms with Crippen molar-refractivity contribution in [3.63, 3.8) is 0 Å². The lowest BCUT2D eigenvalue weighted by Crippen LogP contribution is -2.42. The number of carbonyl (C=O) groups excluding carboxylic acids is 1. The highest BCUT2D eigenvalue weighted by molar-refractivity contribution is 6.44. The summed E-state index contributed by atoms with van der Waals surface area (Å²) in [5.74, 6) is 3.61. The molecule has 0 saturated heterocycles. The first-order chi connectivity index (χ1) is 18.6. The van der Waals surface area contributed by atoms with Gasteiger partial charge in [0, 0.05) is 12.1 Å². The maximum atomic E-state index is 13.5. The molecule has 0 amide bonds. The van der Waals surface area contributed by atoms with Gasteiger partial charge in [-0.1, -0.05) is 12.1 Å². The second kappa shape index (κ2) is 9.66. The summed E-state index contributed by atoms with van der Waals surface area (Å²) in [6.45, 7) is 0.830. The van der Waals surface area contributed by atoms with Gasteiger partial charge in [0.25, 0.3) is 0 Å². The first-order valence-electron chi connectivity index (χ1n) is 12.2. The van der Waals surface area contributed by atoms with Crippen LogP contribution in [0.1, 0.15) is 22.9 Å². The van der Waals surface area contributed by atoms with Gasteiger partial charge in [-0.05, 0) is 72.2 Å². The van der Waals surface area contributed by atoms with Crippen molar-refractivity contribution >= 4 is 23.4 Å². The summed E-state index contributed by atoms with van der Waals surface area (Å²) in [5, 5.41) is 6.72. The first-order valence-corrected chi connectivity index (χ1v) is 12.2. The van der Waals surface area contributed by atoms with Crippen LogP contribution >= 0.6 is 0 Å². The van der Waals surface area contributed by atoms with E-state index in [4.69, 9.17) is 28.8 Å². The number of benzene rings is 3. The molecule has 1 unspecified atom stereocenters. The Bertz CT molecular complexity index is 1450. The van der Waals surface area contributed by atoms with Crippen LogP contribution in [0.5, 0.6) is 28.7 Å². The highest BCUT2D eigenvalue weighted by Crippen LogP contribution is 2.44. The predicted molar refractivity (Wildman–Crippen MR) is 142 cm³/mol. The molecule has 3 aliphatic rings. The van der Waals surface area contributed by atoms with Gasteiger partial charge in [0.15, 0.2) is 35.0 Å². The molecule has 0 spiro atoms. The van der Waals surface area contributed by atoms with Gasteiger partial charge in [-0.15, -0.1) is 5.10 Å². The van der Waals surface area contributed by atoms with Crippen LogP contribution in [0.15, 0.2) is 65.8 Å². The SMILES string of the molecule is COc1ccc(N2N=C(C(=O)/C=C/c3ccc4c(c3)OCO4)N3CCc4cc(OC)c(OC)cc4C32)cc1. The molecule has 0 aliphatic carbocycles. The monoisotopic (exact) mass is 513 g/mol. The quantitative estimate of drug-likeness (QED) is 0.430. The zero-order chi connectivity index (χ0) is 26.2. The molecule has 3 aromatic rings. The van der Waals surface area contributed by atoms with Crippen molar-refractivity contribution in [2.24, 2.45) is 5.10 Å². The normalized spacial score (nSPS) is 17.2. The number of hydrogen-bond acceptors (Lipinski definition) is 9. The van der Waals surface area contributed by atoms with Crippen LogP contribution in [0.4, 0.5) is 5.69 Å². The van der Waals surface area contributed by atoms with E-state index in [0.29, 0.717) is 35.4 Å². The number of methoxy groups -OCH3 is 3. The molecule has 3 aliphatic heterocycles. The first kappa shape index (κ1) is 23.7. The Hall–Kier alpha value is -4.66. The number of anilines is 1. The average Bonchev–Trinajstić information content (AvgIpc) is 3.60. The fourth-order valence-electron chi connectivity index (χ4n) is 5.01. The third-order valence-electron chi connectivity index (χ3n) is 6.93. The van der Waals surface area contributed by atoms with Crippen LogP contribution in [-0.4, -0.2) is 51.2 Å². The van der Waals surface area contributed by atoms with E-state index in [2.05, 4.69) is 0 Å². The second-order valence-corrected chi connectivity index (χ2v) is 9.00. The minimum atomic E-state index is -0.315. The van der Waals surface area contributed by atoms with Gasteiger partial charge in [0.1, 0.15) is 5.75 Å². The molecule has 9 nitrogen and oxygen atoms in total. The Morgan fingerprint density at radius 2 is 1.71 bits per heavy atom. The van der Waals surface area contributed by atoms with E-state index in [0.717, 1.165) is 34.5 Å². The van der Waals surface area contributed by atoms with Crippen molar-refractivity contribution in [1.82, 2.24) is 4.90 Å². The number of ether oxygens (including phenoxy) is 5. The largest absolute Gasteiger partial charge is 0.497 e. The van der Waals surface area contributed by atoms with Gasteiger partial charge in [-0.25, -0.2) is 5.01 Å². The highest BCUT2D eigenvalue weighted by atomic mass is 16.7. The number of fused-ring (bicyclic) bond motifs is 4. The van der Waals surface area contributed by atoms with Crippen LogP contribution < -0.4 is 28.7 Å². The molecule has 0 bridgehead atoms. The number of amidine groups is 1. The molecule has 1 atom stereocenters. The Balaban J connectivity index is 1.37. The van der Waals surface area contributed by atoms with Crippen molar-refractivity contribution in [3.8, 4) is 28.7 Å². The third kappa shape index (κ3) is 4.06. The molecule has 38 heavy (non-hydrogen) atoms. The van der Waals surface area contributed by atoms with Crippen LogP contribution in [0.25, 0.3) is 6.08 Å². The van der Waals surface area contributed by atoms with Gasteiger partial charge in [0.2, 0.25) is 12.6 Å². The van der Waals surface area contributed by atoms with Crippen LogP contribution in [-0.2, 0) is 11.2 Å². The van der Waals surface area contributed by atoms with Gasteiger partial charge in [-0.3, -0.25) is 4.79 Å². The van der Waals surface area contributed by atoms with E-state index < -0.39 is 0 Å². The molecule has 9 heteroatoms. The number of carbonyl (C=O) groups is 1. The van der Waals surface area contributed by atoms with Crippen molar-refractivity contribution < 1.29 is 28.5 Å². The maximum absolute atomic E-state index is 13.5. The van der Waals surface area contributed by atoms with Crippen molar-refractivity contribution in [2.45, 2.75) is 12.6 Å². The average molecular weight is 514 g/mol. The minimum Gasteiger partial charge on any atom is -0.497 e. The van der Waals surface area contributed by atoms with E-state index in [1.54, 1.807) is 33.5 Å². The van der Waals surface area contributed by atoms with E-state index in [9.17, 15) is 4.79 Å². The number of hydrazone groups is 1. The molecule has 0 N–H and O–H groups in total. The van der Waals surface area contributed by atoms with Crippen molar-refractivity contribution in [1.29, 1.82) is 0 Å². The summed E-state index contributed by atoms with van der Waals surface area (Å²) in [7, 11) is 4.88. The van der Waals surface area contributed by atoms with Crippen LogP contribution in [0.3, 0.4) is 0 Å². The standard InChI is InChI=1S/C29H27N3O6/c1-34-21-8-6-20(7-9-21)32-29-22-16-26(36-3)25(35-2)15-19(22)12-13-31(29)28(30-32)23(33)10-4-18-5-11-24-27(14-18)38-17-37-24/h4-11,14-16,29H,12-13,17H2,1-3H3/b10-4+. The van der Waals surface area contributed by atoms with E-state index in [1.165, 1.54) is 0 Å². The fourth-order valence-corrected chi connectivity index (χ4v) is 5.01. The number of ketones is 1. The zero-order valence-corrected chi connectivity index (χ0v) is 21.3. The smallest absolute Gasteiger partial charge is 0.231 e. The Labute approximate surface area is 220 Å². The van der Waals surface area contributed by atoms with Crippen LogP contribution in [0, 0.1) is 0 Å². The van der Waals surface area contributed by atoms with Gasteiger partial charge < -0.3 is 28.6 Å².